The van der Waals surface area contributed by atoms with Crippen molar-refractivity contribution in [2.45, 2.75) is 17.7 Å². The minimum absolute atomic E-state index is 0.0227. The molecule has 0 radical (unpaired) electrons. The second kappa shape index (κ2) is 6.36. The second-order valence-electron chi connectivity index (χ2n) is 5.70. The molecule has 6 nitrogen and oxygen atoms in total. The number of nitrogens with one attached hydrogen (secondary N) is 1. The van der Waals surface area contributed by atoms with Gasteiger partial charge in [0, 0.05) is 24.8 Å². The fourth-order valence-electron chi connectivity index (χ4n) is 2.75. The number of benzene rings is 2. The van der Waals surface area contributed by atoms with Crippen molar-refractivity contribution >= 4 is 27.3 Å². The quantitative estimate of drug-likeness (QED) is 0.905. The number of carbonyl (C=O) groups excluding carboxylic acids is 1. The van der Waals surface area contributed by atoms with E-state index in [4.69, 9.17) is 4.74 Å². The number of hydrogen-bond donors (Lipinski definition) is 1. The molecule has 132 valence electrons. The number of halogens is 1. The lowest BCUT2D eigenvalue weighted by atomic mass is 10.0. The molecule has 0 aliphatic carbocycles. The van der Waals surface area contributed by atoms with Crippen LogP contribution < -0.4 is 14.4 Å². The molecule has 1 heterocycles. The zero-order valence-electron chi connectivity index (χ0n) is 13.7. The Labute approximate surface area is 145 Å². The fourth-order valence-corrected chi connectivity index (χ4v) is 3.81. The van der Waals surface area contributed by atoms with Crippen molar-refractivity contribution in [2.75, 3.05) is 23.8 Å². The molecule has 25 heavy (non-hydrogen) atoms. The largest absolute Gasteiger partial charge is 0.494 e. The lowest BCUT2D eigenvalue weighted by molar-refractivity contribution is -0.118. The van der Waals surface area contributed by atoms with Gasteiger partial charge in [-0.1, -0.05) is 0 Å². The van der Waals surface area contributed by atoms with Crippen molar-refractivity contribution in [1.82, 2.24) is 0 Å². The topological polar surface area (TPSA) is 75.7 Å². The standard InChI is InChI=1S/C17H17FN2O4S/c1-20-15-6-4-12(9-11(15)3-8-17(20)21)19-25(22,23)13-5-7-16(24-2)14(18)10-13/h4-7,9-10,19H,3,8H2,1-2H3. The van der Waals surface area contributed by atoms with Gasteiger partial charge in [0.05, 0.1) is 12.0 Å². The Balaban J connectivity index is 1.89. The van der Waals surface area contributed by atoms with Crippen LogP contribution in [0.4, 0.5) is 15.8 Å². The predicted molar refractivity (Wildman–Crippen MR) is 91.9 cm³/mol. The molecule has 0 aromatic heterocycles. The van der Waals surface area contributed by atoms with Gasteiger partial charge in [0.15, 0.2) is 11.6 Å². The Morgan fingerprint density at radius 1 is 1.16 bits per heavy atom. The number of aryl methyl sites for hydroxylation is 1. The summed E-state index contributed by atoms with van der Waals surface area (Å²) in [5.74, 6) is -0.758. The number of nitrogens with zero attached hydrogens (tertiary/aromatic N) is 1. The Kier molecular flexibility index (Phi) is 4.38. The summed E-state index contributed by atoms with van der Waals surface area (Å²) in [5, 5.41) is 0. The van der Waals surface area contributed by atoms with E-state index < -0.39 is 15.8 Å². The number of carbonyl (C=O) groups is 1. The highest BCUT2D eigenvalue weighted by Gasteiger charge is 2.22. The molecule has 3 rings (SSSR count). The number of ether oxygens (including phenoxy) is 1. The first kappa shape index (κ1) is 17.2. The number of hydrogen-bond acceptors (Lipinski definition) is 4. The Morgan fingerprint density at radius 2 is 1.92 bits per heavy atom. The van der Waals surface area contributed by atoms with Crippen molar-refractivity contribution in [3.05, 3.63) is 47.8 Å². The fraction of sp³-hybridized carbons (Fsp3) is 0.235. The monoisotopic (exact) mass is 364 g/mol. The van der Waals surface area contributed by atoms with E-state index in [1.54, 1.807) is 30.1 Å². The van der Waals surface area contributed by atoms with Crippen LogP contribution in [0.2, 0.25) is 0 Å². The van der Waals surface area contributed by atoms with Gasteiger partial charge in [0.1, 0.15) is 0 Å². The third kappa shape index (κ3) is 3.30. The van der Waals surface area contributed by atoms with E-state index in [0.29, 0.717) is 18.5 Å². The summed E-state index contributed by atoms with van der Waals surface area (Å²) in [4.78, 5) is 13.1. The number of amides is 1. The normalized spacial score (nSPS) is 14.2. The molecule has 8 heteroatoms. The number of fused-ring (bicyclic) bond motifs is 1. The molecule has 2 aromatic rings. The van der Waals surface area contributed by atoms with Gasteiger partial charge in [-0.05, 0) is 48.4 Å². The third-order valence-corrected chi connectivity index (χ3v) is 5.49. The molecule has 0 spiro atoms. The highest BCUT2D eigenvalue weighted by molar-refractivity contribution is 7.92. The Hall–Kier alpha value is -2.61. The SMILES string of the molecule is COc1ccc(S(=O)(=O)Nc2ccc3c(c2)CCC(=O)N3C)cc1F. The van der Waals surface area contributed by atoms with Gasteiger partial charge in [0.25, 0.3) is 10.0 Å². The first-order valence-corrected chi connectivity index (χ1v) is 9.06. The van der Waals surface area contributed by atoms with Crippen molar-refractivity contribution in [3.63, 3.8) is 0 Å². The molecule has 0 atom stereocenters. The molecule has 1 aliphatic rings. The van der Waals surface area contributed by atoms with Crippen molar-refractivity contribution < 1.29 is 22.3 Å². The smallest absolute Gasteiger partial charge is 0.262 e. The maximum absolute atomic E-state index is 13.8. The average Bonchev–Trinajstić information content (AvgIpc) is 2.58. The maximum atomic E-state index is 13.8. The van der Waals surface area contributed by atoms with Gasteiger partial charge in [-0.2, -0.15) is 0 Å². The molecule has 1 amide bonds. The van der Waals surface area contributed by atoms with Gasteiger partial charge >= 0.3 is 0 Å². The summed E-state index contributed by atoms with van der Waals surface area (Å²) in [6, 6.07) is 8.40. The zero-order chi connectivity index (χ0) is 18.2. The predicted octanol–water partition coefficient (Wildman–Crippen LogP) is 2.54. The van der Waals surface area contributed by atoms with Gasteiger partial charge < -0.3 is 9.64 Å². The molecule has 0 saturated carbocycles. The minimum atomic E-state index is -3.94. The number of rotatable bonds is 4. The molecule has 2 aromatic carbocycles. The molecule has 0 bridgehead atoms. The molecular weight excluding hydrogens is 347 g/mol. The van der Waals surface area contributed by atoms with Crippen LogP contribution in [0.1, 0.15) is 12.0 Å². The van der Waals surface area contributed by atoms with Crippen molar-refractivity contribution in [3.8, 4) is 5.75 Å². The molecule has 0 saturated heterocycles. The highest BCUT2D eigenvalue weighted by atomic mass is 32.2. The van der Waals surface area contributed by atoms with Crippen LogP contribution in [0.5, 0.6) is 5.75 Å². The number of sulfonamides is 1. The highest BCUT2D eigenvalue weighted by Crippen LogP contribution is 2.30. The van der Waals surface area contributed by atoms with E-state index in [9.17, 15) is 17.6 Å². The van der Waals surface area contributed by atoms with Crippen LogP contribution in [0.15, 0.2) is 41.3 Å². The Morgan fingerprint density at radius 3 is 2.60 bits per heavy atom. The van der Waals surface area contributed by atoms with Crippen LogP contribution in [0, 0.1) is 5.82 Å². The van der Waals surface area contributed by atoms with E-state index in [2.05, 4.69) is 4.72 Å². The third-order valence-electron chi connectivity index (χ3n) is 4.11. The second-order valence-corrected chi connectivity index (χ2v) is 7.38. The lowest BCUT2D eigenvalue weighted by Crippen LogP contribution is -2.31. The Bertz CT molecular complexity index is 944. The summed E-state index contributed by atoms with van der Waals surface area (Å²) in [6.45, 7) is 0. The van der Waals surface area contributed by atoms with Gasteiger partial charge in [-0.15, -0.1) is 0 Å². The van der Waals surface area contributed by atoms with E-state index in [0.717, 1.165) is 17.3 Å². The average molecular weight is 364 g/mol. The van der Waals surface area contributed by atoms with Crippen LogP contribution in [0.3, 0.4) is 0 Å². The van der Waals surface area contributed by atoms with E-state index >= 15 is 0 Å². The summed E-state index contributed by atoms with van der Waals surface area (Å²) < 4.78 is 45.9. The summed E-state index contributed by atoms with van der Waals surface area (Å²) in [7, 11) is -0.948. The van der Waals surface area contributed by atoms with E-state index in [1.807, 2.05) is 0 Å². The minimum Gasteiger partial charge on any atom is -0.494 e. The molecule has 1 aliphatic heterocycles. The van der Waals surface area contributed by atoms with Gasteiger partial charge in [-0.25, -0.2) is 12.8 Å². The van der Waals surface area contributed by atoms with Crippen LogP contribution in [0.25, 0.3) is 0 Å². The molecule has 0 fully saturated rings. The van der Waals surface area contributed by atoms with Gasteiger partial charge in [0.2, 0.25) is 5.91 Å². The summed E-state index contributed by atoms with van der Waals surface area (Å²) in [5.41, 5.74) is 2.00. The van der Waals surface area contributed by atoms with E-state index in [1.165, 1.54) is 19.2 Å². The van der Waals surface area contributed by atoms with Crippen molar-refractivity contribution in [1.29, 1.82) is 0 Å². The first-order chi connectivity index (χ1) is 11.8. The summed E-state index contributed by atoms with van der Waals surface area (Å²) in [6.07, 6.45) is 0.925. The van der Waals surface area contributed by atoms with Crippen LogP contribution in [-0.2, 0) is 21.2 Å². The van der Waals surface area contributed by atoms with Crippen molar-refractivity contribution in [2.24, 2.45) is 0 Å². The zero-order valence-corrected chi connectivity index (χ0v) is 14.6. The molecular formula is C17H17FN2O4S. The summed E-state index contributed by atoms with van der Waals surface area (Å²) >= 11 is 0. The van der Waals surface area contributed by atoms with E-state index in [-0.39, 0.29) is 16.6 Å². The number of anilines is 2. The van der Waals surface area contributed by atoms with Crippen LogP contribution in [-0.4, -0.2) is 28.5 Å². The van der Waals surface area contributed by atoms with Crippen LogP contribution >= 0.6 is 0 Å². The molecule has 0 unspecified atom stereocenters. The first-order valence-electron chi connectivity index (χ1n) is 7.57. The maximum Gasteiger partial charge on any atom is 0.262 e. The lowest BCUT2D eigenvalue weighted by Gasteiger charge is -2.26. The molecule has 1 N–H and O–H groups in total. The van der Waals surface area contributed by atoms with Gasteiger partial charge in [-0.3, -0.25) is 9.52 Å². The number of methoxy groups -OCH3 is 1.